The van der Waals surface area contributed by atoms with Crippen molar-refractivity contribution in [1.82, 2.24) is 20.5 Å². The van der Waals surface area contributed by atoms with Crippen molar-refractivity contribution < 1.29 is 0 Å². The highest BCUT2D eigenvalue weighted by Gasteiger charge is 2.05. The monoisotopic (exact) mass is 196 g/mol. The van der Waals surface area contributed by atoms with Crippen LogP contribution in [0.1, 0.15) is 45.4 Å². The van der Waals surface area contributed by atoms with Gasteiger partial charge in [-0.3, -0.25) is 5.10 Å². The number of H-pyrrole nitrogens is 1. The molecule has 0 saturated carbocycles. The van der Waals surface area contributed by atoms with Gasteiger partial charge in [0.1, 0.15) is 12.2 Å². The number of unbranched alkanes of at least 4 members (excludes halogenated alkanes) is 1. The zero-order valence-electron chi connectivity index (χ0n) is 9.08. The first kappa shape index (κ1) is 11.2. The van der Waals surface area contributed by atoms with Gasteiger partial charge in [-0.2, -0.15) is 5.10 Å². The Morgan fingerprint density at radius 3 is 2.93 bits per heavy atom. The molecular formula is C10H20N4. The second kappa shape index (κ2) is 6.54. The highest BCUT2D eigenvalue weighted by atomic mass is 15.2. The fraction of sp³-hybridized carbons (Fsp3) is 0.800. The van der Waals surface area contributed by atoms with Crippen molar-refractivity contribution in [3.05, 3.63) is 12.2 Å². The van der Waals surface area contributed by atoms with Crippen molar-refractivity contribution in [2.45, 2.75) is 52.1 Å². The van der Waals surface area contributed by atoms with Gasteiger partial charge in [0.05, 0.1) is 6.54 Å². The second-order valence-corrected chi connectivity index (χ2v) is 3.56. The molecule has 0 aliphatic heterocycles. The third-order valence-corrected chi connectivity index (χ3v) is 2.42. The summed E-state index contributed by atoms with van der Waals surface area (Å²) in [6, 6.07) is 0.611. The van der Waals surface area contributed by atoms with Crippen molar-refractivity contribution >= 4 is 0 Å². The molecule has 0 aliphatic rings. The van der Waals surface area contributed by atoms with E-state index >= 15 is 0 Å². The van der Waals surface area contributed by atoms with Gasteiger partial charge < -0.3 is 5.32 Å². The van der Waals surface area contributed by atoms with E-state index in [-0.39, 0.29) is 0 Å². The maximum atomic E-state index is 4.07. The molecular weight excluding hydrogens is 176 g/mol. The highest BCUT2D eigenvalue weighted by molar-refractivity contribution is 4.80. The standard InChI is InChI=1S/C10H20N4/c1-3-5-6-9(4-2)11-7-10-12-8-13-14-10/h8-9,11H,3-7H2,1-2H3,(H,12,13,14). The van der Waals surface area contributed by atoms with Gasteiger partial charge in [0.2, 0.25) is 0 Å². The lowest BCUT2D eigenvalue weighted by Gasteiger charge is -2.15. The maximum absolute atomic E-state index is 4.07. The minimum absolute atomic E-state index is 0.611. The summed E-state index contributed by atoms with van der Waals surface area (Å²) in [7, 11) is 0. The molecule has 4 nitrogen and oxygen atoms in total. The molecule has 0 bridgehead atoms. The van der Waals surface area contributed by atoms with Crippen LogP contribution >= 0.6 is 0 Å². The number of nitrogens with zero attached hydrogens (tertiary/aromatic N) is 2. The van der Waals surface area contributed by atoms with Crippen molar-refractivity contribution in [2.24, 2.45) is 0 Å². The molecule has 0 saturated heterocycles. The van der Waals surface area contributed by atoms with E-state index in [1.807, 2.05) is 0 Å². The van der Waals surface area contributed by atoms with E-state index in [0.717, 1.165) is 12.4 Å². The molecule has 0 radical (unpaired) electrons. The van der Waals surface area contributed by atoms with Crippen LogP contribution < -0.4 is 5.32 Å². The Morgan fingerprint density at radius 2 is 2.36 bits per heavy atom. The van der Waals surface area contributed by atoms with Gasteiger partial charge >= 0.3 is 0 Å². The number of rotatable bonds is 7. The topological polar surface area (TPSA) is 53.6 Å². The molecule has 80 valence electrons. The minimum Gasteiger partial charge on any atom is -0.307 e. The van der Waals surface area contributed by atoms with Gasteiger partial charge in [0, 0.05) is 6.04 Å². The van der Waals surface area contributed by atoms with E-state index in [9.17, 15) is 0 Å². The second-order valence-electron chi connectivity index (χ2n) is 3.56. The largest absolute Gasteiger partial charge is 0.307 e. The lowest BCUT2D eigenvalue weighted by Crippen LogP contribution is -2.28. The number of aromatic amines is 1. The van der Waals surface area contributed by atoms with Crippen LogP contribution in [0.25, 0.3) is 0 Å². The lowest BCUT2D eigenvalue weighted by atomic mass is 10.1. The fourth-order valence-electron chi connectivity index (χ4n) is 1.46. The molecule has 0 amide bonds. The fourth-order valence-corrected chi connectivity index (χ4v) is 1.46. The lowest BCUT2D eigenvalue weighted by molar-refractivity contribution is 0.446. The molecule has 0 fully saturated rings. The summed E-state index contributed by atoms with van der Waals surface area (Å²) in [4.78, 5) is 4.07. The van der Waals surface area contributed by atoms with E-state index in [1.54, 1.807) is 6.33 Å². The van der Waals surface area contributed by atoms with Crippen LogP contribution in [0.15, 0.2) is 6.33 Å². The molecule has 14 heavy (non-hydrogen) atoms. The number of hydrogen-bond acceptors (Lipinski definition) is 3. The Labute approximate surface area is 85.5 Å². The van der Waals surface area contributed by atoms with Gasteiger partial charge in [-0.25, -0.2) is 4.98 Å². The molecule has 0 aromatic carbocycles. The van der Waals surface area contributed by atoms with Crippen LogP contribution in [0.5, 0.6) is 0 Å². The van der Waals surface area contributed by atoms with Gasteiger partial charge in [0.25, 0.3) is 0 Å². The molecule has 0 aliphatic carbocycles. The van der Waals surface area contributed by atoms with E-state index in [1.165, 1.54) is 25.7 Å². The minimum atomic E-state index is 0.611. The van der Waals surface area contributed by atoms with E-state index in [4.69, 9.17) is 0 Å². The summed E-state index contributed by atoms with van der Waals surface area (Å²) in [6.07, 6.45) is 6.53. The average Bonchev–Trinajstić information content (AvgIpc) is 2.71. The Kier molecular flexibility index (Phi) is 5.22. The zero-order chi connectivity index (χ0) is 10.2. The molecule has 0 spiro atoms. The summed E-state index contributed by atoms with van der Waals surface area (Å²) < 4.78 is 0. The van der Waals surface area contributed by atoms with Crippen LogP contribution in [-0.4, -0.2) is 21.2 Å². The first-order valence-corrected chi connectivity index (χ1v) is 5.44. The predicted octanol–water partition coefficient (Wildman–Crippen LogP) is 1.86. The van der Waals surface area contributed by atoms with Gasteiger partial charge in [0.15, 0.2) is 0 Å². The van der Waals surface area contributed by atoms with Crippen molar-refractivity contribution in [3.8, 4) is 0 Å². The number of hydrogen-bond donors (Lipinski definition) is 2. The summed E-state index contributed by atoms with van der Waals surface area (Å²) in [5.41, 5.74) is 0. The van der Waals surface area contributed by atoms with E-state index in [0.29, 0.717) is 6.04 Å². The van der Waals surface area contributed by atoms with Crippen molar-refractivity contribution in [1.29, 1.82) is 0 Å². The molecule has 1 aromatic heterocycles. The quantitative estimate of drug-likeness (QED) is 0.700. The van der Waals surface area contributed by atoms with Crippen LogP contribution in [0.2, 0.25) is 0 Å². The summed E-state index contributed by atoms with van der Waals surface area (Å²) >= 11 is 0. The molecule has 2 N–H and O–H groups in total. The summed E-state index contributed by atoms with van der Waals surface area (Å²) in [5, 5.41) is 10.1. The Balaban J connectivity index is 2.20. The van der Waals surface area contributed by atoms with Crippen LogP contribution in [0.4, 0.5) is 0 Å². The highest BCUT2D eigenvalue weighted by Crippen LogP contribution is 2.04. The summed E-state index contributed by atoms with van der Waals surface area (Å²) in [5.74, 6) is 0.917. The van der Waals surface area contributed by atoms with E-state index < -0.39 is 0 Å². The Morgan fingerprint density at radius 1 is 1.50 bits per heavy atom. The summed E-state index contributed by atoms with van der Waals surface area (Å²) in [6.45, 7) is 5.24. The van der Waals surface area contributed by atoms with Crippen molar-refractivity contribution in [2.75, 3.05) is 0 Å². The predicted molar refractivity (Wildman–Crippen MR) is 56.8 cm³/mol. The van der Waals surface area contributed by atoms with Crippen LogP contribution in [-0.2, 0) is 6.54 Å². The van der Waals surface area contributed by atoms with Crippen molar-refractivity contribution in [3.63, 3.8) is 0 Å². The smallest absolute Gasteiger partial charge is 0.138 e. The number of aromatic nitrogens is 3. The van der Waals surface area contributed by atoms with Gasteiger partial charge in [-0.15, -0.1) is 0 Å². The number of nitrogens with one attached hydrogen (secondary N) is 2. The SMILES string of the molecule is CCCCC(CC)NCc1ncn[nH]1. The van der Waals surface area contributed by atoms with Gasteiger partial charge in [-0.1, -0.05) is 26.7 Å². The van der Waals surface area contributed by atoms with Gasteiger partial charge in [-0.05, 0) is 12.8 Å². The third kappa shape index (κ3) is 3.87. The van der Waals surface area contributed by atoms with Crippen LogP contribution in [0.3, 0.4) is 0 Å². The van der Waals surface area contributed by atoms with Crippen LogP contribution in [0, 0.1) is 0 Å². The molecule has 1 aromatic rings. The first-order chi connectivity index (χ1) is 6.86. The molecule has 1 unspecified atom stereocenters. The first-order valence-electron chi connectivity index (χ1n) is 5.44. The third-order valence-electron chi connectivity index (χ3n) is 2.42. The molecule has 1 heterocycles. The zero-order valence-corrected chi connectivity index (χ0v) is 9.08. The molecule has 4 heteroatoms. The maximum Gasteiger partial charge on any atom is 0.138 e. The molecule has 1 atom stereocenters. The normalized spacial score (nSPS) is 13.0. The van der Waals surface area contributed by atoms with E-state index in [2.05, 4.69) is 34.3 Å². The Hall–Kier alpha value is -0.900. The molecule has 1 rings (SSSR count). The average molecular weight is 196 g/mol. The Bertz CT molecular complexity index is 220.